The summed E-state index contributed by atoms with van der Waals surface area (Å²) in [5, 5.41) is 21.6. The summed E-state index contributed by atoms with van der Waals surface area (Å²) in [4.78, 5) is 0.841. The lowest BCUT2D eigenvalue weighted by Crippen LogP contribution is -2.06. The maximum Gasteiger partial charge on any atom is 0.170 e. The van der Waals surface area contributed by atoms with Gasteiger partial charge in [-0.2, -0.15) is 17.0 Å². The highest BCUT2D eigenvalue weighted by molar-refractivity contribution is 7.98. The van der Waals surface area contributed by atoms with Crippen molar-refractivity contribution in [1.29, 1.82) is 5.26 Å². The third kappa shape index (κ3) is 0.959. The number of hydrogen-bond donors (Lipinski definition) is 1. The first kappa shape index (κ1) is 7.50. The van der Waals surface area contributed by atoms with Gasteiger partial charge >= 0.3 is 0 Å². The highest BCUT2D eigenvalue weighted by atomic mass is 32.2. The van der Waals surface area contributed by atoms with Crippen molar-refractivity contribution >= 4 is 11.8 Å². The van der Waals surface area contributed by atoms with E-state index in [0.717, 1.165) is 34.0 Å². The van der Waals surface area contributed by atoms with E-state index >= 15 is 0 Å². The Morgan fingerprint density at radius 3 is 3.25 bits per heavy atom. The van der Waals surface area contributed by atoms with Crippen LogP contribution < -0.4 is 0 Å². The van der Waals surface area contributed by atoms with E-state index < -0.39 is 0 Å². The Morgan fingerprint density at radius 2 is 2.50 bits per heavy atom. The Labute approximate surface area is 73.8 Å². The van der Waals surface area contributed by atoms with Gasteiger partial charge in [-0.15, -0.1) is 9.94 Å². The van der Waals surface area contributed by atoms with Crippen LogP contribution in [0, 0.1) is 11.3 Å². The smallest absolute Gasteiger partial charge is 0.170 e. The first-order chi connectivity index (χ1) is 5.83. The Balaban J connectivity index is 2.56. The van der Waals surface area contributed by atoms with Crippen molar-refractivity contribution in [3.63, 3.8) is 0 Å². The van der Waals surface area contributed by atoms with E-state index in [2.05, 4.69) is 5.10 Å². The fourth-order valence-electron chi connectivity index (χ4n) is 1.31. The maximum atomic E-state index is 9.25. The van der Waals surface area contributed by atoms with Crippen molar-refractivity contribution in [1.82, 2.24) is 9.94 Å². The minimum Gasteiger partial charge on any atom is -0.411 e. The summed E-state index contributed by atoms with van der Waals surface area (Å²) in [6, 6.07) is 1.97. The lowest BCUT2D eigenvalue weighted by Gasteiger charge is -2.09. The van der Waals surface area contributed by atoms with Crippen molar-refractivity contribution in [2.75, 3.05) is 5.75 Å². The Bertz CT molecular complexity index is 352. The summed E-state index contributed by atoms with van der Waals surface area (Å²) in [5.41, 5.74) is 2.06. The molecule has 0 amide bonds. The minimum absolute atomic E-state index is 0.361. The standard InChI is InChI=1S/C7H7N3OS/c8-3-6-5-4-12-2-1-7(5)10(11)9-6/h11H,1-2,4H2. The number of rotatable bonds is 0. The molecule has 1 N–H and O–H groups in total. The fourth-order valence-corrected chi connectivity index (χ4v) is 2.30. The third-order valence-corrected chi connectivity index (χ3v) is 2.89. The van der Waals surface area contributed by atoms with E-state index in [9.17, 15) is 5.21 Å². The van der Waals surface area contributed by atoms with Gasteiger partial charge in [-0.05, 0) is 5.75 Å². The molecule has 1 aliphatic rings. The quantitative estimate of drug-likeness (QED) is 0.601. The van der Waals surface area contributed by atoms with E-state index in [1.807, 2.05) is 6.07 Å². The number of aromatic nitrogens is 2. The van der Waals surface area contributed by atoms with Gasteiger partial charge in [-0.25, -0.2) is 0 Å². The molecule has 2 rings (SSSR count). The molecule has 2 heterocycles. The van der Waals surface area contributed by atoms with E-state index in [4.69, 9.17) is 5.26 Å². The highest BCUT2D eigenvalue weighted by Crippen LogP contribution is 2.26. The van der Waals surface area contributed by atoms with Gasteiger partial charge in [0.2, 0.25) is 0 Å². The zero-order chi connectivity index (χ0) is 8.55. The van der Waals surface area contributed by atoms with Gasteiger partial charge in [0, 0.05) is 17.7 Å². The minimum atomic E-state index is 0.361. The average molecular weight is 181 g/mol. The second-order valence-corrected chi connectivity index (χ2v) is 3.68. The van der Waals surface area contributed by atoms with Gasteiger partial charge < -0.3 is 5.21 Å². The zero-order valence-corrected chi connectivity index (χ0v) is 7.13. The van der Waals surface area contributed by atoms with Gasteiger partial charge in [0.25, 0.3) is 0 Å². The molecule has 0 aliphatic carbocycles. The fraction of sp³-hybridized carbons (Fsp3) is 0.429. The van der Waals surface area contributed by atoms with Crippen molar-refractivity contribution < 1.29 is 5.21 Å². The molecule has 62 valence electrons. The molecular formula is C7H7N3OS. The molecule has 0 aromatic carbocycles. The number of nitriles is 1. The molecule has 5 heteroatoms. The molecule has 0 saturated carbocycles. The summed E-state index contributed by atoms with van der Waals surface area (Å²) < 4.78 is 0. The lowest BCUT2D eigenvalue weighted by atomic mass is 10.2. The molecule has 0 unspecified atom stereocenters. The van der Waals surface area contributed by atoms with E-state index in [1.54, 1.807) is 11.8 Å². The molecule has 0 saturated heterocycles. The van der Waals surface area contributed by atoms with Crippen LogP contribution in [-0.4, -0.2) is 20.9 Å². The van der Waals surface area contributed by atoms with Gasteiger partial charge in [0.1, 0.15) is 6.07 Å². The zero-order valence-electron chi connectivity index (χ0n) is 6.32. The van der Waals surface area contributed by atoms with Gasteiger partial charge in [0.15, 0.2) is 5.69 Å². The van der Waals surface area contributed by atoms with E-state index in [1.165, 1.54) is 0 Å². The summed E-state index contributed by atoms with van der Waals surface area (Å²) >= 11 is 1.76. The molecule has 1 aromatic heterocycles. The van der Waals surface area contributed by atoms with Crippen LogP contribution >= 0.6 is 11.8 Å². The summed E-state index contributed by atoms with van der Waals surface area (Å²) in [6.07, 6.45) is 0.797. The predicted octanol–water partition coefficient (Wildman–Crippen LogP) is 0.781. The number of fused-ring (bicyclic) bond motifs is 1. The number of hydrogen-bond acceptors (Lipinski definition) is 4. The Hall–Kier alpha value is -1.15. The second kappa shape index (κ2) is 2.72. The van der Waals surface area contributed by atoms with Gasteiger partial charge in [-0.1, -0.05) is 0 Å². The molecular weight excluding hydrogens is 174 g/mol. The number of nitrogens with zero attached hydrogens (tertiary/aromatic N) is 3. The van der Waals surface area contributed by atoms with Gasteiger partial charge in [0.05, 0.1) is 5.69 Å². The second-order valence-electron chi connectivity index (χ2n) is 2.58. The normalized spacial score (nSPS) is 15.2. The molecule has 1 aliphatic heterocycles. The van der Waals surface area contributed by atoms with Crippen molar-refractivity contribution in [2.24, 2.45) is 0 Å². The molecule has 0 fully saturated rings. The van der Waals surface area contributed by atoms with Crippen LogP contribution in [0.3, 0.4) is 0 Å². The highest BCUT2D eigenvalue weighted by Gasteiger charge is 2.20. The summed E-state index contributed by atoms with van der Waals surface area (Å²) in [6.45, 7) is 0. The molecule has 0 radical (unpaired) electrons. The van der Waals surface area contributed by atoms with Crippen LogP contribution in [0.2, 0.25) is 0 Å². The molecule has 1 aromatic rings. The third-order valence-electron chi connectivity index (χ3n) is 1.91. The monoisotopic (exact) mass is 181 g/mol. The van der Waals surface area contributed by atoms with Crippen LogP contribution in [0.5, 0.6) is 0 Å². The average Bonchev–Trinajstić information content (AvgIpc) is 2.44. The van der Waals surface area contributed by atoms with Crippen LogP contribution in [0.4, 0.5) is 0 Å². The van der Waals surface area contributed by atoms with Crippen LogP contribution in [-0.2, 0) is 12.2 Å². The predicted molar refractivity (Wildman–Crippen MR) is 44.0 cm³/mol. The summed E-state index contributed by atoms with van der Waals surface area (Å²) in [7, 11) is 0. The number of thioether (sulfide) groups is 1. The largest absolute Gasteiger partial charge is 0.411 e. The molecule has 12 heavy (non-hydrogen) atoms. The Kier molecular flexibility index (Phi) is 1.70. The molecule has 0 bridgehead atoms. The lowest BCUT2D eigenvalue weighted by molar-refractivity contribution is 0.140. The molecule has 0 atom stereocenters. The topological polar surface area (TPSA) is 61.8 Å². The first-order valence-corrected chi connectivity index (χ1v) is 4.76. The van der Waals surface area contributed by atoms with Crippen molar-refractivity contribution in [2.45, 2.75) is 12.2 Å². The van der Waals surface area contributed by atoms with Crippen LogP contribution in [0.1, 0.15) is 17.0 Å². The molecule has 0 spiro atoms. The van der Waals surface area contributed by atoms with Gasteiger partial charge in [-0.3, -0.25) is 0 Å². The molecule has 4 nitrogen and oxygen atoms in total. The van der Waals surface area contributed by atoms with E-state index in [-0.39, 0.29) is 0 Å². The SMILES string of the molecule is N#Cc1nn(O)c2c1CSCC2. The van der Waals surface area contributed by atoms with E-state index in [0.29, 0.717) is 5.69 Å². The Morgan fingerprint density at radius 1 is 1.67 bits per heavy atom. The maximum absolute atomic E-state index is 9.25. The first-order valence-electron chi connectivity index (χ1n) is 3.61. The van der Waals surface area contributed by atoms with Crippen LogP contribution in [0.15, 0.2) is 0 Å². The summed E-state index contributed by atoms with van der Waals surface area (Å²) in [5.74, 6) is 1.78. The van der Waals surface area contributed by atoms with Crippen molar-refractivity contribution in [3.8, 4) is 6.07 Å². The van der Waals surface area contributed by atoms with Crippen molar-refractivity contribution in [3.05, 3.63) is 17.0 Å². The van der Waals surface area contributed by atoms with Crippen LogP contribution in [0.25, 0.3) is 0 Å².